The van der Waals surface area contributed by atoms with Crippen LogP contribution in [0.3, 0.4) is 0 Å². The van der Waals surface area contributed by atoms with Gasteiger partial charge >= 0.3 is 0 Å². The van der Waals surface area contributed by atoms with Crippen LogP contribution in [0.25, 0.3) is 0 Å². The number of piperidine rings is 1. The van der Waals surface area contributed by atoms with Crippen molar-refractivity contribution in [3.05, 3.63) is 35.6 Å². The van der Waals surface area contributed by atoms with Gasteiger partial charge in [0.2, 0.25) is 5.91 Å². The van der Waals surface area contributed by atoms with Crippen molar-refractivity contribution in [1.82, 2.24) is 9.80 Å². The van der Waals surface area contributed by atoms with E-state index in [1.165, 1.54) is 18.6 Å². The van der Waals surface area contributed by atoms with Crippen molar-refractivity contribution in [2.75, 3.05) is 39.4 Å². The zero-order chi connectivity index (χ0) is 17.2. The van der Waals surface area contributed by atoms with E-state index in [1.807, 2.05) is 12.1 Å². The molecule has 2 saturated heterocycles. The summed E-state index contributed by atoms with van der Waals surface area (Å²) in [5.41, 5.74) is 1.10. The third-order valence-corrected chi connectivity index (χ3v) is 5.89. The molecule has 2 heterocycles. The van der Waals surface area contributed by atoms with E-state index in [4.69, 9.17) is 4.74 Å². The molecule has 3 atom stereocenters. The van der Waals surface area contributed by atoms with Gasteiger partial charge in [0.1, 0.15) is 5.82 Å². The van der Waals surface area contributed by atoms with E-state index >= 15 is 0 Å². The largest absolute Gasteiger partial charge is 0.379 e. The summed E-state index contributed by atoms with van der Waals surface area (Å²) in [6.07, 6.45) is 4.34. The number of morpholine rings is 1. The molecule has 1 amide bonds. The molecule has 0 aromatic heterocycles. The van der Waals surface area contributed by atoms with Crippen molar-refractivity contribution in [3.8, 4) is 0 Å². The third-order valence-electron chi connectivity index (χ3n) is 5.89. The Balaban J connectivity index is 1.38. The molecular weight excluding hydrogens is 319 g/mol. The normalized spacial score (nSPS) is 30.3. The molecule has 0 radical (unpaired) electrons. The molecule has 5 heteroatoms. The number of hydrogen-bond donors (Lipinski definition) is 0. The lowest BCUT2D eigenvalue weighted by atomic mass is 10.00. The number of likely N-dealkylation sites (tertiary alicyclic amines) is 1. The second-order valence-corrected chi connectivity index (χ2v) is 7.59. The molecule has 1 aromatic carbocycles. The van der Waals surface area contributed by atoms with Gasteiger partial charge in [-0.05, 0) is 49.3 Å². The smallest absolute Gasteiger partial charge is 0.226 e. The Hall–Kier alpha value is -1.46. The standard InChI is InChI=1S/C20H27FN2O2/c21-16-6-4-15(5-7-16)18-13-19(18)20(24)23-8-2-1-3-17(23)14-22-9-11-25-12-10-22/h4-7,17-19H,1-3,8-14H2/t17-,18+,19-/m1/s1. The minimum absolute atomic E-state index is 0.0933. The first-order valence-electron chi connectivity index (χ1n) is 9.58. The van der Waals surface area contributed by atoms with Crippen LogP contribution in [0.1, 0.15) is 37.2 Å². The Bertz CT molecular complexity index is 600. The molecule has 3 fully saturated rings. The lowest BCUT2D eigenvalue weighted by molar-refractivity contribution is -0.137. The molecule has 0 spiro atoms. The Morgan fingerprint density at radius 3 is 2.64 bits per heavy atom. The highest BCUT2D eigenvalue weighted by atomic mass is 19.1. The van der Waals surface area contributed by atoms with E-state index in [9.17, 15) is 9.18 Å². The fraction of sp³-hybridized carbons (Fsp3) is 0.650. The number of hydrogen-bond acceptors (Lipinski definition) is 3. The predicted octanol–water partition coefficient (Wildman–Crippen LogP) is 2.64. The molecule has 3 aliphatic rings. The summed E-state index contributed by atoms with van der Waals surface area (Å²) in [5.74, 6) is 0.469. The molecule has 0 unspecified atom stereocenters. The van der Waals surface area contributed by atoms with E-state index in [-0.39, 0.29) is 17.7 Å². The molecule has 4 nitrogen and oxygen atoms in total. The van der Waals surface area contributed by atoms with Gasteiger partial charge in [-0.25, -0.2) is 4.39 Å². The van der Waals surface area contributed by atoms with Gasteiger partial charge in [-0.15, -0.1) is 0 Å². The maximum atomic E-state index is 13.1. The van der Waals surface area contributed by atoms with E-state index < -0.39 is 0 Å². The number of amides is 1. The van der Waals surface area contributed by atoms with E-state index in [0.717, 1.165) is 64.2 Å². The first-order valence-corrected chi connectivity index (χ1v) is 9.58. The Morgan fingerprint density at radius 2 is 1.88 bits per heavy atom. The zero-order valence-corrected chi connectivity index (χ0v) is 14.7. The van der Waals surface area contributed by atoms with Crippen molar-refractivity contribution in [2.24, 2.45) is 5.92 Å². The number of nitrogens with zero attached hydrogens (tertiary/aromatic N) is 2. The Kier molecular flexibility index (Phi) is 5.04. The van der Waals surface area contributed by atoms with Crippen LogP contribution in [-0.4, -0.2) is 61.1 Å². The Morgan fingerprint density at radius 1 is 1.12 bits per heavy atom. The van der Waals surface area contributed by atoms with Gasteiger partial charge in [0.05, 0.1) is 13.2 Å². The first-order chi connectivity index (χ1) is 12.2. The van der Waals surface area contributed by atoms with Gasteiger partial charge in [-0.2, -0.15) is 0 Å². The fourth-order valence-corrected chi connectivity index (χ4v) is 4.32. The van der Waals surface area contributed by atoms with Gasteiger partial charge in [0.15, 0.2) is 0 Å². The van der Waals surface area contributed by atoms with Gasteiger partial charge in [0.25, 0.3) is 0 Å². The second kappa shape index (κ2) is 7.42. The lowest BCUT2D eigenvalue weighted by Crippen LogP contribution is -2.51. The maximum Gasteiger partial charge on any atom is 0.226 e. The minimum Gasteiger partial charge on any atom is -0.379 e. The number of rotatable bonds is 4. The maximum absolute atomic E-state index is 13.1. The van der Waals surface area contributed by atoms with Crippen molar-refractivity contribution >= 4 is 5.91 Å². The molecule has 1 saturated carbocycles. The van der Waals surface area contributed by atoms with Gasteiger partial charge in [-0.3, -0.25) is 9.69 Å². The highest BCUT2D eigenvalue weighted by molar-refractivity contribution is 5.83. The average Bonchev–Trinajstić information content (AvgIpc) is 3.44. The van der Waals surface area contributed by atoms with Crippen LogP contribution in [0.4, 0.5) is 4.39 Å². The highest BCUT2D eigenvalue weighted by Gasteiger charge is 2.47. The summed E-state index contributed by atoms with van der Waals surface area (Å²) in [7, 11) is 0. The fourth-order valence-electron chi connectivity index (χ4n) is 4.32. The van der Waals surface area contributed by atoms with Gasteiger partial charge < -0.3 is 9.64 Å². The van der Waals surface area contributed by atoms with Crippen LogP contribution in [0.2, 0.25) is 0 Å². The third kappa shape index (κ3) is 3.87. The number of carbonyl (C=O) groups excluding carboxylic acids is 1. The quantitative estimate of drug-likeness (QED) is 0.840. The zero-order valence-electron chi connectivity index (χ0n) is 14.7. The topological polar surface area (TPSA) is 32.8 Å². The van der Waals surface area contributed by atoms with E-state index in [0.29, 0.717) is 11.9 Å². The molecule has 1 aliphatic carbocycles. The second-order valence-electron chi connectivity index (χ2n) is 7.59. The van der Waals surface area contributed by atoms with Crippen LogP contribution in [0.15, 0.2) is 24.3 Å². The van der Waals surface area contributed by atoms with Crippen LogP contribution in [-0.2, 0) is 9.53 Å². The minimum atomic E-state index is -0.214. The van der Waals surface area contributed by atoms with Gasteiger partial charge in [0, 0.05) is 38.1 Å². The van der Waals surface area contributed by atoms with E-state index in [2.05, 4.69) is 9.80 Å². The monoisotopic (exact) mass is 346 g/mol. The first kappa shape index (κ1) is 17.0. The van der Waals surface area contributed by atoms with Crippen LogP contribution < -0.4 is 0 Å². The summed E-state index contributed by atoms with van der Waals surface area (Å²) < 4.78 is 18.5. The van der Waals surface area contributed by atoms with Crippen molar-refractivity contribution < 1.29 is 13.9 Å². The number of carbonyl (C=O) groups is 1. The van der Waals surface area contributed by atoms with Crippen LogP contribution in [0, 0.1) is 11.7 Å². The number of halogens is 1. The molecule has 4 rings (SSSR count). The highest BCUT2D eigenvalue weighted by Crippen LogP contribution is 2.49. The Labute approximate surface area is 148 Å². The summed E-state index contributed by atoms with van der Waals surface area (Å²) in [5, 5.41) is 0. The summed E-state index contributed by atoms with van der Waals surface area (Å²) in [6.45, 7) is 5.41. The van der Waals surface area contributed by atoms with Crippen molar-refractivity contribution in [1.29, 1.82) is 0 Å². The molecule has 136 valence electrons. The molecule has 0 N–H and O–H groups in total. The van der Waals surface area contributed by atoms with Crippen LogP contribution >= 0.6 is 0 Å². The SMILES string of the molecule is O=C([C@@H]1C[C@H]1c1ccc(F)cc1)N1CCCC[C@@H]1CN1CCOCC1. The summed E-state index contributed by atoms with van der Waals surface area (Å²) in [4.78, 5) is 17.7. The molecule has 0 bridgehead atoms. The molecular formula is C20H27FN2O2. The van der Waals surface area contributed by atoms with Crippen LogP contribution in [0.5, 0.6) is 0 Å². The van der Waals surface area contributed by atoms with E-state index in [1.54, 1.807) is 0 Å². The number of benzene rings is 1. The van der Waals surface area contributed by atoms with Crippen molar-refractivity contribution in [2.45, 2.75) is 37.6 Å². The number of ether oxygens (including phenoxy) is 1. The summed E-state index contributed by atoms with van der Waals surface area (Å²) in [6, 6.07) is 6.99. The predicted molar refractivity (Wildman–Crippen MR) is 93.9 cm³/mol. The lowest BCUT2D eigenvalue weighted by Gasteiger charge is -2.40. The summed E-state index contributed by atoms with van der Waals surface area (Å²) >= 11 is 0. The average molecular weight is 346 g/mol. The molecule has 2 aliphatic heterocycles. The molecule has 1 aromatic rings. The van der Waals surface area contributed by atoms with Crippen molar-refractivity contribution in [3.63, 3.8) is 0 Å². The molecule has 25 heavy (non-hydrogen) atoms. The van der Waals surface area contributed by atoms with Gasteiger partial charge in [-0.1, -0.05) is 12.1 Å².